The fourth-order valence-electron chi connectivity index (χ4n) is 3.86. The van der Waals surface area contributed by atoms with Gasteiger partial charge in [-0.1, -0.05) is 0 Å². The van der Waals surface area contributed by atoms with Crippen LogP contribution in [-0.4, -0.2) is 67.2 Å². The highest BCUT2D eigenvalue weighted by Crippen LogP contribution is 2.29. The number of ketones is 1. The van der Waals surface area contributed by atoms with Gasteiger partial charge in [-0.15, -0.1) is 0 Å². The molecule has 0 bridgehead atoms. The van der Waals surface area contributed by atoms with E-state index in [0.717, 1.165) is 18.5 Å². The summed E-state index contributed by atoms with van der Waals surface area (Å²) >= 11 is 0. The number of aromatic carboxylic acids is 1. The molecule has 1 fully saturated rings. The Labute approximate surface area is 204 Å². The highest BCUT2D eigenvalue weighted by Gasteiger charge is 2.42. The number of carboxylic acid groups (broad SMARTS) is 1. The number of halogens is 3. The third kappa shape index (κ3) is 6.36. The predicted molar refractivity (Wildman–Crippen MR) is 120 cm³/mol. The van der Waals surface area contributed by atoms with Crippen LogP contribution in [0.5, 0.6) is 0 Å². The SMILES string of the molecule is CC(C)(C)OC(=O)N1CC[C@@H](O)[C@H]1C(=O)CCc1cc(-c2ccc(C(F)(F)F)nc2)ncc1C(=O)O. The molecule has 0 spiro atoms. The van der Waals surface area contributed by atoms with Crippen LogP contribution in [0, 0.1) is 0 Å². The number of hydrogen-bond acceptors (Lipinski definition) is 7. The lowest BCUT2D eigenvalue weighted by molar-refractivity contribution is -0.141. The number of pyridine rings is 2. The quantitative estimate of drug-likeness (QED) is 0.603. The molecule has 3 heterocycles. The summed E-state index contributed by atoms with van der Waals surface area (Å²) < 4.78 is 43.7. The van der Waals surface area contributed by atoms with Crippen LogP contribution in [0.25, 0.3) is 11.3 Å². The molecule has 194 valence electrons. The number of carbonyl (C=O) groups is 3. The van der Waals surface area contributed by atoms with Crippen molar-refractivity contribution in [1.29, 1.82) is 0 Å². The molecule has 0 aromatic carbocycles. The summed E-state index contributed by atoms with van der Waals surface area (Å²) in [5.41, 5.74) is -1.42. The Morgan fingerprint density at radius 3 is 2.39 bits per heavy atom. The lowest BCUT2D eigenvalue weighted by Gasteiger charge is -2.28. The molecule has 1 amide bonds. The Balaban J connectivity index is 1.80. The van der Waals surface area contributed by atoms with Crippen LogP contribution in [0.4, 0.5) is 18.0 Å². The highest BCUT2D eigenvalue weighted by molar-refractivity contribution is 5.91. The average molecular weight is 509 g/mol. The van der Waals surface area contributed by atoms with Gasteiger partial charge >= 0.3 is 18.2 Å². The van der Waals surface area contributed by atoms with Crippen LogP contribution in [0.3, 0.4) is 0 Å². The van der Waals surface area contributed by atoms with Crippen molar-refractivity contribution in [3.05, 3.63) is 47.4 Å². The number of amides is 1. The number of carbonyl (C=O) groups excluding carboxylic acids is 2. The van der Waals surface area contributed by atoms with Gasteiger partial charge in [-0.3, -0.25) is 19.7 Å². The fraction of sp³-hybridized carbons (Fsp3) is 0.458. The standard InChI is InChI=1S/C24H26F3N3O6/c1-23(2,3)36-22(35)30-9-8-18(32)20(30)17(31)6-4-13-10-16(28-12-15(13)21(33)34)14-5-7-19(29-11-14)24(25,26)27/h5,7,10-12,18,20,32H,4,6,8-9H2,1-3H3,(H,33,34)/t18-,20-/m1/s1. The Bertz CT molecular complexity index is 1150. The van der Waals surface area contributed by atoms with E-state index in [1.165, 1.54) is 17.0 Å². The molecule has 12 heteroatoms. The van der Waals surface area contributed by atoms with E-state index in [9.17, 15) is 37.8 Å². The molecule has 2 N–H and O–H groups in total. The molecular weight excluding hydrogens is 483 g/mol. The van der Waals surface area contributed by atoms with Gasteiger partial charge in [0.2, 0.25) is 0 Å². The molecule has 2 aromatic rings. The predicted octanol–water partition coefficient (Wildman–Crippen LogP) is 3.73. The third-order valence-electron chi connectivity index (χ3n) is 5.53. The van der Waals surface area contributed by atoms with Crippen molar-refractivity contribution in [3.8, 4) is 11.3 Å². The minimum atomic E-state index is -4.61. The molecule has 0 unspecified atom stereocenters. The Hall–Kier alpha value is -3.54. The van der Waals surface area contributed by atoms with Crippen molar-refractivity contribution < 1.29 is 42.5 Å². The van der Waals surface area contributed by atoms with Crippen LogP contribution >= 0.6 is 0 Å². The number of aryl methyl sites for hydroxylation is 1. The first-order chi connectivity index (χ1) is 16.7. The van der Waals surface area contributed by atoms with Gasteiger partial charge in [0.15, 0.2) is 5.78 Å². The largest absolute Gasteiger partial charge is 0.478 e. The van der Waals surface area contributed by atoms with Crippen molar-refractivity contribution >= 4 is 17.8 Å². The van der Waals surface area contributed by atoms with Crippen LogP contribution in [-0.2, 0) is 22.1 Å². The van der Waals surface area contributed by atoms with Crippen LogP contribution in [0.15, 0.2) is 30.6 Å². The molecule has 9 nitrogen and oxygen atoms in total. The Morgan fingerprint density at radius 1 is 1.14 bits per heavy atom. The maximum absolute atomic E-state index is 13.0. The first kappa shape index (κ1) is 27.1. The highest BCUT2D eigenvalue weighted by atomic mass is 19.4. The molecule has 0 aliphatic carbocycles. The van der Waals surface area contributed by atoms with E-state index in [-0.39, 0.29) is 48.2 Å². The number of hydrogen-bond donors (Lipinski definition) is 2. The summed E-state index contributed by atoms with van der Waals surface area (Å²) in [6.07, 6.45) is -4.45. The third-order valence-corrected chi connectivity index (χ3v) is 5.53. The van der Waals surface area contributed by atoms with Gasteiger partial charge < -0.3 is 14.9 Å². The second-order valence-corrected chi connectivity index (χ2v) is 9.40. The summed E-state index contributed by atoms with van der Waals surface area (Å²) in [5.74, 6) is -1.77. The van der Waals surface area contributed by atoms with Crippen LogP contribution in [0.1, 0.15) is 55.2 Å². The van der Waals surface area contributed by atoms with E-state index in [4.69, 9.17) is 4.74 Å². The zero-order chi connectivity index (χ0) is 26.8. The molecule has 36 heavy (non-hydrogen) atoms. The number of carboxylic acids is 1. The summed E-state index contributed by atoms with van der Waals surface area (Å²) in [5, 5.41) is 19.9. The molecule has 1 aliphatic heterocycles. The molecule has 1 aliphatic rings. The van der Waals surface area contributed by atoms with Crippen LogP contribution < -0.4 is 0 Å². The number of nitrogens with zero attached hydrogens (tertiary/aromatic N) is 3. The van der Waals surface area contributed by atoms with Crippen molar-refractivity contribution in [2.24, 2.45) is 0 Å². The van der Waals surface area contributed by atoms with E-state index in [1.54, 1.807) is 20.8 Å². The number of ether oxygens (including phenoxy) is 1. The van der Waals surface area contributed by atoms with E-state index in [0.29, 0.717) is 0 Å². The normalized spacial score (nSPS) is 18.2. The van der Waals surface area contributed by atoms with E-state index >= 15 is 0 Å². The summed E-state index contributed by atoms with van der Waals surface area (Å²) in [4.78, 5) is 45.7. The van der Waals surface area contributed by atoms with Crippen molar-refractivity contribution in [2.75, 3.05) is 6.54 Å². The lowest BCUT2D eigenvalue weighted by Crippen LogP contribution is -2.47. The van der Waals surface area contributed by atoms with Gasteiger partial charge in [-0.05, 0) is 57.4 Å². The zero-order valence-corrected chi connectivity index (χ0v) is 19.9. The van der Waals surface area contributed by atoms with Gasteiger partial charge in [0, 0.05) is 30.9 Å². The number of alkyl halides is 3. The maximum atomic E-state index is 13.0. The molecule has 0 radical (unpaired) electrons. The molecule has 3 rings (SSSR count). The van der Waals surface area contributed by atoms with Gasteiger partial charge in [-0.2, -0.15) is 13.2 Å². The second-order valence-electron chi connectivity index (χ2n) is 9.40. The average Bonchev–Trinajstić information content (AvgIpc) is 3.17. The van der Waals surface area contributed by atoms with Gasteiger partial charge in [0.1, 0.15) is 17.3 Å². The first-order valence-corrected chi connectivity index (χ1v) is 11.1. The summed E-state index contributed by atoms with van der Waals surface area (Å²) in [6, 6.07) is 2.20. The molecular formula is C24H26F3N3O6. The van der Waals surface area contributed by atoms with Crippen molar-refractivity contribution in [1.82, 2.24) is 14.9 Å². The van der Waals surface area contributed by atoms with E-state index in [1.807, 2.05) is 0 Å². The molecule has 0 saturated carbocycles. The molecule has 2 atom stereocenters. The number of aliphatic hydroxyl groups is 1. The Kier molecular flexibility index (Phi) is 7.68. The first-order valence-electron chi connectivity index (χ1n) is 11.1. The number of aromatic nitrogens is 2. The topological polar surface area (TPSA) is 130 Å². The smallest absolute Gasteiger partial charge is 0.433 e. The van der Waals surface area contributed by atoms with Gasteiger partial charge in [0.05, 0.1) is 17.4 Å². The second kappa shape index (κ2) is 10.2. The minimum absolute atomic E-state index is 0.0601. The van der Waals surface area contributed by atoms with Crippen LogP contribution in [0.2, 0.25) is 0 Å². The van der Waals surface area contributed by atoms with E-state index < -0.39 is 47.5 Å². The Morgan fingerprint density at radius 2 is 1.83 bits per heavy atom. The monoisotopic (exact) mass is 509 g/mol. The summed E-state index contributed by atoms with van der Waals surface area (Å²) in [7, 11) is 0. The number of Topliss-reactive ketones (excluding diaryl/α,β-unsaturated/α-hetero) is 1. The van der Waals surface area contributed by atoms with E-state index in [2.05, 4.69) is 9.97 Å². The zero-order valence-electron chi connectivity index (χ0n) is 19.9. The van der Waals surface area contributed by atoms with Crippen molar-refractivity contribution in [3.63, 3.8) is 0 Å². The molecule has 2 aromatic heterocycles. The minimum Gasteiger partial charge on any atom is -0.478 e. The van der Waals surface area contributed by atoms with Crippen molar-refractivity contribution in [2.45, 2.75) is 64.0 Å². The number of aliphatic hydroxyl groups excluding tert-OH is 1. The fourth-order valence-corrected chi connectivity index (χ4v) is 3.86. The summed E-state index contributed by atoms with van der Waals surface area (Å²) in [6.45, 7) is 5.16. The maximum Gasteiger partial charge on any atom is 0.433 e. The molecule has 1 saturated heterocycles. The lowest BCUT2D eigenvalue weighted by atomic mass is 9.97. The number of likely N-dealkylation sites (tertiary alicyclic amines) is 1. The van der Waals surface area contributed by atoms with Gasteiger partial charge in [0.25, 0.3) is 0 Å². The van der Waals surface area contributed by atoms with Gasteiger partial charge in [-0.25, -0.2) is 9.59 Å². The number of rotatable bonds is 6.